The van der Waals surface area contributed by atoms with Gasteiger partial charge < -0.3 is 4.74 Å². The Bertz CT molecular complexity index is 729. The molecule has 23 heavy (non-hydrogen) atoms. The number of ether oxygens (including phenoxy) is 1. The minimum Gasteiger partial charge on any atom is -0.497 e. The Morgan fingerprint density at radius 2 is 1.39 bits per heavy atom. The molecular weight excluding hydrogens is 344 g/mol. The zero-order chi connectivity index (χ0) is 15.9. The number of rotatable bonds is 7. The van der Waals surface area contributed by atoms with Crippen molar-refractivity contribution in [1.82, 2.24) is 10.2 Å². The zero-order valence-corrected chi connectivity index (χ0v) is 15.1. The van der Waals surface area contributed by atoms with E-state index in [1.807, 2.05) is 18.2 Å². The van der Waals surface area contributed by atoms with Gasteiger partial charge in [-0.2, -0.15) is 0 Å². The van der Waals surface area contributed by atoms with Crippen LogP contribution in [0.2, 0.25) is 0 Å². The number of hydrogen-bond donors (Lipinski definition) is 0. The van der Waals surface area contributed by atoms with E-state index in [2.05, 4.69) is 46.6 Å². The van der Waals surface area contributed by atoms with Crippen LogP contribution < -0.4 is 4.74 Å². The van der Waals surface area contributed by atoms with Gasteiger partial charge >= 0.3 is 0 Å². The third-order valence-electron chi connectivity index (χ3n) is 3.11. The van der Waals surface area contributed by atoms with Crippen molar-refractivity contribution >= 4 is 34.9 Å². The largest absolute Gasteiger partial charge is 0.497 e. The standard InChI is InChI=1S/C17H16N2OS3/c1-20-15-9-7-14(8-10-15)12-22-17-19-18-16(23-17)21-11-13-5-3-2-4-6-13/h2-10H,11-12H2,1H3. The highest BCUT2D eigenvalue weighted by Crippen LogP contribution is 2.32. The molecule has 0 aliphatic carbocycles. The number of aromatic nitrogens is 2. The van der Waals surface area contributed by atoms with E-state index in [-0.39, 0.29) is 0 Å². The van der Waals surface area contributed by atoms with Crippen molar-refractivity contribution < 1.29 is 4.74 Å². The highest BCUT2D eigenvalue weighted by molar-refractivity contribution is 8.02. The van der Waals surface area contributed by atoms with Crippen LogP contribution in [0.3, 0.4) is 0 Å². The van der Waals surface area contributed by atoms with Crippen LogP contribution in [0.5, 0.6) is 5.75 Å². The van der Waals surface area contributed by atoms with Crippen LogP contribution >= 0.6 is 34.9 Å². The van der Waals surface area contributed by atoms with Crippen LogP contribution in [0.25, 0.3) is 0 Å². The van der Waals surface area contributed by atoms with E-state index in [4.69, 9.17) is 4.74 Å². The summed E-state index contributed by atoms with van der Waals surface area (Å²) in [5, 5.41) is 8.52. The maximum absolute atomic E-state index is 5.17. The second kappa shape index (κ2) is 8.38. The monoisotopic (exact) mass is 360 g/mol. The van der Waals surface area contributed by atoms with Gasteiger partial charge in [0.05, 0.1) is 7.11 Å². The van der Waals surface area contributed by atoms with Crippen molar-refractivity contribution in [3.8, 4) is 5.75 Å². The van der Waals surface area contributed by atoms with Gasteiger partial charge in [-0.3, -0.25) is 0 Å². The van der Waals surface area contributed by atoms with Crippen LogP contribution in [-0.4, -0.2) is 17.3 Å². The molecule has 0 N–H and O–H groups in total. The summed E-state index contributed by atoms with van der Waals surface area (Å²) in [6.07, 6.45) is 0. The fourth-order valence-corrected chi connectivity index (χ4v) is 4.83. The molecule has 0 saturated carbocycles. The molecule has 3 aromatic rings. The van der Waals surface area contributed by atoms with Gasteiger partial charge in [-0.15, -0.1) is 10.2 Å². The first-order valence-corrected chi connectivity index (χ1v) is 9.88. The maximum Gasteiger partial charge on any atom is 0.175 e. The molecule has 3 rings (SSSR count). The van der Waals surface area contributed by atoms with Gasteiger partial charge in [0.15, 0.2) is 8.68 Å². The first kappa shape index (κ1) is 16.4. The summed E-state index contributed by atoms with van der Waals surface area (Å²) in [6, 6.07) is 18.6. The van der Waals surface area contributed by atoms with Crippen molar-refractivity contribution in [2.45, 2.75) is 20.2 Å². The van der Waals surface area contributed by atoms with Gasteiger partial charge in [0.1, 0.15) is 5.75 Å². The van der Waals surface area contributed by atoms with Gasteiger partial charge in [-0.05, 0) is 23.3 Å². The predicted octanol–water partition coefficient (Wildman–Crippen LogP) is 5.13. The van der Waals surface area contributed by atoms with E-state index in [1.54, 1.807) is 42.0 Å². The smallest absolute Gasteiger partial charge is 0.175 e. The number of benzene rings is 2. The van der Waals surface area contributed by atoms with E-state index in [1.165, 1.54) is 11.1 Å². The van der Waals surface area contributed by atoms with Crippen molar-refractivity contribution in [3.63, 3.8) is 0 Å². The van der Waals surface area contributed by atoms with E-state index in [0.29, 0.717) is 0 Å². The molecule has 1 heterocycles. The molecule has 0 bridgehead atoms. The molecule has 0 fully saturated rings. The van der Waals surface area contributed by atoms with Gasteiger partial charge in [0, 0.05) is 11.5 Å². The van der Waals surface area contributed by atoms with Crippen LogP contribution in [0.1, 0.15) is 11.1 Å². The quantitative estimate of drug-likeness (QED) is 0.546. The second-order valence-electron chi connectivity index (χ2n) is 4.74. The van der Waals surface area contributed by atoms with Crippen molar-refractivity contribution in [2.24, 2.45) is 0 Å². The Labute approximate surface area is 148 Å². The van der Waals surface area contributed by atoms with Crippen molar-refractivity contribution in [2.75, 3.05) is 7.11 Å². The Balaban J connectivity index is 1.50. The van der Waals surface area contributed by atoms with Gasteiger partial charge in [-0.1, -0.05) is 77.3 Å². The maximum atomic E-state index is 5.17. The van der Waals surface area contributed by atoms with Crippen LogP contribution in [0.4, 0.5) is 0 Å². The van der Waals surface area contributed by atoms with E-state index in [9.17, 15) is 0 Å². The lowest BCUT2D eigenvalue weighted by atomic mass is 10.2. The fourth-order valence-electron chi connectivity index (χ4n) is 1.90. The van der Waals surface area contributed by atoms with Crippen LogP contribution in [-0.2, 0) is 11.5 Å². The molecule has 2 aromatic carbocycles. The predicted molar refractivity (Wildman–Crippen MR) is 98.5 cm³/mol. The highest BCUT2D eigenvalue weighted by Gasteiger charge is 2.06. The molecule has 0 saturated heterocycles. The lowest BCUT2D eigenvalue weighted by molar-refractivity contribution is 0.414. The van der Waals surface area contributed by atoms with Crippen LogP contribution in [0.15, 0.2) is 63.3 Å². The molecule has 118 valence electrons. The Kier molecular flexibility index (Phi) is 5.96. The molecule has 0 aliphatic rings. The minimum atomic E-state index is 0.884. The SMILES string of the molecule is COc1ccc(CSc2nnc(SCc3ccccc3)s2)cc1. The normalized spacial score (nSPS) is 10.7. The lowest BCUT2D eigenvalue weighted by Crippen LogP contribution is -1.84. The summed E-state index contributed by atoms with van der Waals surface area (Å²) in [5.74, 6) is 2.70. The van der Waals surface area contributed by atoms with E-state index in [0.717, 1.165) is 25.9 Å². The Hall–Kier alpha value is -1.50. The fraction of sp³-hybridized carbons (Fsp3) is 0.176. The second-order valence-corrected chi connectivity index (χ2v) is 8.17. The Morgan fingerprint density at radius 1 is 0.826 bits per heavy atom. The van der Waals surface area contributed by atoms with E-state index >= 15 is 0 Å². The minimum absolute atomic E-state index is 0.884. The zero-order valence-electron chi connectivity index (χ0n) is 12.6. The molecule has 0 aliphatic heterocycles. The van der Waals surface area contributed by atoms with E-state index < -0.39 is 0 Å². The van der Waals surface area contributed by atoms with Gasteiger partial charge in [0.25, 0.3) is 0 Å². The highest BCUT2D eigenvalue weighted by atomic mass is 32.2. The summed E-state index contributed by atoms with van der Waals surface area (Å²) < 4.78 is 7.20. The third-order valence-corrected chi connectivity index (χ3v) is 6.45. The third kappa shape index (κ3) is 4.99. The molecule has 0 amide bonds. The molecule has 0 spiro atoms. The molecule has 1 aromatic heterocycles. The van der Waals surface area contributed by atoms with Gasteiger partial charge in [-0.25, -0.2) is 0 Å². The van der Waals surface area contributed by atoms with Crippen LogP contribution in [0, 0.1) is 0 Å². The first-order chi connectivity index (χ1) is 11.3. The summed E-state index contributed by atoms with van der Waals surface area (Å²) in [7, 11) is 1.68. The van der Waals surface area contributed by atoms with Gasteiger partial charge in [0.2, 0.25) is 0 Å². The van der Waals surface area contributed by atoms with Crippen molar-refractivity contribution in [1.29, 1.82) is 0 Å². The summed E-state index contributed by atoms with van der Waals surface area (Å²) in [4.78, 5) is 0. The molecule has 0 radical (unpaired) electrons. The summed E-state index contributed by atoms with van der Waals surface area (Å²) in [5.41, 5.74) is 2.56. The number of hydrogen-bond acceptors (Lipinski definition) is 6. The molecule has 0 unspecified atom stereocenters. The first-order valence-electron chi connectivity index (χ1n) is 7.09. The molecule has 0 atom stereocenters. The molecule has 3 nitrogen and oxygen atoms in total. The molecule has 6 heteroatoms. The van der Waals surface area contributed by atoms with Crippen molar-refractivity contribution in [3.05, 3.63) is 65.7 Å². The average molecular weight is 361 g/mol. The number of thioether (sulfide) groups is 2. The number of methoxy groups -OCH3 is 1. The number of nitrogens with zero attached hydrogens (tertiary/aromatic N) is 2. The molecular formula is C17H16N2OS3. The summed E-state index contributed by atoms with van der Waals surface area (Å²) >= 11 is 5.11. The summed E-state index contributed by atoms with van der Waals surface area (Å²) in [6.45, 7) is 0. The Morgan fingerprint density at radius 3 is 1.96 bits per heavy atom. The topological polar surface area (TPSA) is 35.0 Å². The lowest BCUT2D eigenvalue weighted by Gasteiger charge is -2.01. The average Bonchev–Trinajstić information content (AvgIpc) is 3.07.